The van der Waals surface area contributed by atoms with E-state index in [0.717, 1.165) is 0 Å². The molecule has 2 aromatic rings. The third-order valence-corrected chi connectivity index (χ3v) is 2.63. The minimum absolute atomic E-state index is 0.0835. The van der Waals surface area contributed by atoms with Crippen LogP contribution in [0.1, 0.15) is 16.1 Å². The highest BCUT2D eigenvalue weighted by Crippen LogP contribution is 2.19. The average Bonchev–Trinajstić information content (AvgIpc) is 2.83. The first-order valence-corrected chi connectivity index (χ1v) is 5.69. The van der Waals surface area contributed by atoms with Crippen molar-refractivity contribution >= 4 is 23.3 Å². The molecule has 0 aliphatic carbocycles. The van der Waals surface area contributed by atoms with E-state index in [2.05, 4.69) is 4.98 Å². The Hall–Kier alpha value is -2.34. The van der Waals surface area contributed by atoms with E-state index in [1.807, 2.05) is 0 Å². The fraction of sp³-hybridized carbons (Fsp3) is 0.0833. The lowest BCUT2D eigenvalue weighted by Gasteiger charge is -2.04. The Balaban J connectivity index is 2.07. The van der Waals surface area contributed by atoms with Crippen molar-refractivity contribution in [1.82, 2.24) is 4.98 Å². The van der Waals surface area contributed by atoms with Crippen LogP contribution in [0.25, 0.3) is 0 Å². The lowest BCUT2D eigenvalue weighted by atomic mass is 10.2. The van der Waals surface area contributed by atoms with Gasteiger partial charge in [0, 0.05) is 12.3 Å². The third-order valence-electron chi connectivity index (χ3n) is 2.41. The number of rotatable bonds is 4. The molecule has 2 rings (SSSR count). The molecule has 1 N–H and O–H groups in total. The molecule has 98 valence electrons. The minimum Gasteiger partial charge on any atom is -0.456 e. The van der Waals surface area contributed by atoms with Gasteiger partial charge in [0.15, 0.2) is 0 Å². The Kier molecular flexibility index (Phi) is 3.82. The SMILES string of the molecule is O=C(OCc1ccccc1[N+](=O)[O-])c1cc(Cl)c[nH]1. The summed E-state index contributed by atoms with van der Waals surface area (Å²) >= 11 is 5.66. The Morgan fingerprint density at radius 1 is 1.42 bits per heavy atom. The molecule has 1 heterocycles. The molecule has 0 spiro atoms. The summed E-state index contributed by atoms with van der Waals surface area (Å²) in [7, 11) is 0. The maximum atomic E-state index is 11.6. The molecule has 0 unspecified atom stereocenters. The number of esters is 1. The fourth-order valence-electron chi connectivity index (χ4n) is 1.52. The largest absolute Gasteiger partial charge is 0.456 e. The van der Waals surface area contributed by atoms with Crippen molar-refractivity contribution in [3.63, 3.8) is 0 Å². The summed E-state index contributed by atoms with van der Waals surface area (Å²) < 4.78 is 4.99. The van der Waals surface area contributed by atoms with E-state index in [9.17, 15) is 14.9 Å². The summed E-state index contributed by atoms with van der Waals surface area (Å²) in [5.41, 5.74) is 0.446. The van der Waals surface area contributed by atoms with Gasteiger partial charge >= 0.3 is 5.97 Å². The number of nitro groups is 1. The van der Waals surface area contributed by atoms with Crippen LogP contribution in [0.5, 0.6) is 0 Å². The number of carbonyl (C=O) groups is 1. The van der Waals surface area contributed by atoms with Gasteiger partial charge in [-0.2, -0.15) is 0 Å². The number of benzene rings is 1. The molecule has 0 saturated heterocycles. The molecular formula is C12H9ClN2O4. The van der Waals surface area contributed by atoms with Gasteiger partial charge in [-0.3, -0.25) is 10.1 Å². The summed E-state index contributed by atoms with van der Waals surface area (Å²) in [5, 5.41) is 11.2. The van der Waals surface area contributed by atoms with Gasteiger partial charge in [-0.15, -0.1) is 0 Å². The van der Waals surface area contributed by atoms with Crippen LogP contribution < -0.4 is 0 Å². The first-order valence-electron chi connectivity index (χ1n) is 5.31. The standard InChI is InChI=1S/C12H9ClN2O4/c13-9-5-10(14-6-9)12(16)19-7-8-3-1-2-4-11(8)15(17)18/h1-6,14H,7H2. The number of hydrogen-bond donors (Lipinski definition) is 1. The molecule has 0 aliphatic heterocycles. The molecule has 0 aliphatic rings. The third kappa shape index (κ3) is 3.11. The molecule has 1 aromatic heterocycles. The molecule has 7 heteroatoms. The second-order valence-corrected chi connectivity index (χ2v) is 4.13. The van der Waals surface area contributed by atoms with E-state index in [0.29, 0.717) is 10.6 Å². The van der Waals surface area contributed by atoms with Crippen LogP contribution in [0.2, 0.25) is 5.02 Å². The number of nitrogens with one attached hydrogen (secondary N) is 1. The van der Waals surface area contributed by atoms with Gasteiger partial charge in [0.2, 0.25) is 0 Å². The Labute approximate surface area is 113 Å². The predicted octanol–water partition coefficient (Wildman–Crippen LogP) is 2.93. The highest BCUT2D eigenvalue weighted by molar-refractivity contribution is 6.30. The molecule has 0 bridgehead atoms. The van der Waals surface area contributed by atoms with Crippen molar-refractivity contribution in [3.8, 4) is 0 Å². The molecule has 0 fully saturated rings. The molecular weight excluding hydrogens is 272 g/mol. The smallest absolute Gasteiger partial charge is 0.355 e. The number of H-pyrrole nitrogens is 1. The number of hydrogen-bond acceptors (Lipinski definition) is 4. The number of para-hydroxylation sites is 1. The van der Waals surface area contributed by atoms with Gasteiger partial charge < -0.3 is 9.72 Å². The van der Waals surface area contributed by atoms with E-state index < -0.39 is 10.9 Å². The molecule has 0 atom stereocenters. The summed E-state index contributed by atoms with van der Waals surface area (Å²) in [5.74, 6) is -0.620. The maximum Gasteiger partial charge on any atom is 0.355 e. The van der Waals surface area contributed by atoms with Gasteiger partial charge in [0.05, 0.1) is 15.5 Å². The van der Waals surface area contributed by atoms with Crippen molar-refractivity contribution in [2.24, 2.45) is 0 Å². The van der Waals surface area contributed by atoms with Crippen molar-refractivity contribution in [2.75, 3.05) is 0 Å². The van der Waals surface area contributed by atoms with Crippen molar-refractivity contribution in [2.45, 2.75) is 6.61 Å². The van der Waals surface area contributed by atoms with Gasteiger partial charge in [0.1, 0.15) is 12.3 Å². The number of carbonyl (C=O) groups excluding carboxylic acids is 1. The lowest BCUT2D eigenvalue weighted by Crippen LogP contribution is -2.06. The second-order valence-electron chi connectivity index (χ2n) is 3.69. The van der Waals surface area contributed by atoms with E-state index in [1.54, 1.807) is 12.1 Å². The first kappa shape index (κ1) is 13.1. The zero-order valence-electron chi connectivity index (χ0n) is 9.63. The van der Waals surface area contributed by atoms with Gasteiger partial charge in [-0.25, -0.2) is 4.79 Å². The van der Waals surface area contributed by atoms with Crippen LogP contribution in [-0.4, -0.2) is 15.9 Å². The van der Waals surface area contributed by atoms with Gasteiger partial charge in [-0.1, -0.05) is 23.7 Å². The number of aromatic amines is 1. The van der Waals surface area contributed by atoms with Crippen molar-refractivity contribution < 1.29 is 14.5 Å². The van der Waals surface area contributed by atoms with Crippen LogP contribution >= 0.6 is 11.6 Å². The van der Waals surface area contributed by atoms with Crippen LogP contribution in [0.15, 0.2) is 36.5 Å². The number of ether oxygens (including phenoxy) is 1. The molecule has 0 saturated carbocycles. The van der Waals surface area contributed by atoms with E-state index >= 15 is 0 Å². The van der Waals surface area contributed by atoms with Crippen molar-refractivity contribution in [3.05, 3.63) is 62.9 Å². The van der Waals surface area contributed by atoms with Crippen molar-refractivity contribution in [1.29, 1.82) is 0 Å². The summed E-state index contributed by atoms with van der Waals surface area (Å²) in [6.07, 6.45) is 1.45. The number of nitro benzene ring substituents is 1. The number of nitrogens with zero attached hydrogens (tertiary/aromatic N) is 1. The fourth-order valence-corrected chi connectivity index (χ4v) is 1.68. The van der Waals surface area contributed by atoms with Crippen LogP contribution in [0.3, 0.4) is 0 Å². The summed E-state index contributed by atoms with van der Waals surface area (Å²) in [6.45, 7) is -0.174. The summed E-state index contributed by atoms with van der Waals surface area (Å²) in [6, 6.07) is 7.50. The van der Waals surface area contributed by atoms with Crippen LogP contribution in [-0.2, 0) is 11.3 Å². The number of aromatic nitrogens is 1. The molecule has 19 heavy (non-hydrogen) atoms. The molecule has 0 amide bonds. The zero-order chi connectivity index (χ0) is 13.8. The summed E-state index contributed by atoms with van der Waals surface area (Å²) in [4.78, 5) is 24.5. The zero-order valence-corrected chi connectivity index (χ0v) is 10.4. The van der Waals surface area contributed by atoms with E-state index in [4.69, 9.17) is 16.3 Å². The first-order chi connectivity index (χ1) is 9.08. The lowest BCUT2D eigenvalue weighted by molar-refractivity contribution is -0.385. The average molecular weight is 281 g/mol. The van der Waals surface area contributed by atoms with Crippen LogP contribution in [0, 0.1) is 10.1 Å². The quantitative estimate of drug-likeness (QED) is 0.530. The number of halogens is 1. The molecule has 0 radical (unpaired) electrons. The molecule has 1 aromatic carbocycles. The monoisotopic (exact) mass is 280 g/mol. The normalized spacial score (nSPS) is 10.2. The highest BCUT2D eigenvalue weighted by atomic mass is 35.5. The highest BCUT2D eigenvalue weighted by Gasteiger charge is 2.15. The second kappa shape index (κ2) is 5.53. The minimum atomic E-state index is -0.620. The Morgan fingerprint density at radius 3 is 2.79 bits per heavy atom. The molecule has 6 nitrogen and oxygen atoms in total. The van der Waals surface area contributed by atoms with Gasteiger partial charge in [-0.05, 0) is 12.1 Å². The van der Waals surface area contributed by atoms with Gasteiger partial charge in [0.25, 0.3) is 5.69 Å². The Morgan fingerprint density at radius 2 is 2.16 bits per heavy atom. The maximum absolute atomic E-state index is 11.6. The van der Waals surface area contributed by atoms with Crippen LogP contribution in [0.4, 0.5) is 5.69 Å². The van der Waals surface area contributed by atoms with E-state index in [-0.39, 0.29) is 18.0 Å². The van der Waals surface area contributed by atoms with E-state index in [1.165, 1.54) is 24.4 Å². The predicted molar refractivity (Wildman–Crippen MR) is 68.0 cm³/mol. The Bertz CT molecular complexity index is 624. The topological polar surface area (TPSA) is 85.2 Å².